The molecular weight excluding hydrogens is 527 g/mol. The van der Waals surface area contributed by atoms with Crippen LogP contribution < -0.4 is 15.2 Å². The second kappa shape index (κ2) is 12.8. The second-order valence-electron chi connectivity index (χ2n) is 10.3. The van der Waals surface area contributed by atoms with Crippen molar-refractivity contribution in [2.24, 2.45) is 11.1 Å². The van der Waals surface area contributed by atoms with Crippen molar-refractivity contribution in [1.29, 1.82) is 0 Å². The number of pyridine rings is 1. The topological polar surface area (TPSA) is 118 Å². The van der Waals surface area contributed by atoms with Crippen LogP contribution in [-0.4, -0.2) is 59.4 Å². The maximum absolute atomic E-state index is 13.8. The van der Waals surface area contributed by atoms with E-state index in [0.29, 0.717) is 73.8 Å². The van der Waals surface area contributed by atoms with E-state index in [2.05, 4.69) is 4.98 Å². The molecular formula is C29H34F3N3O5. The molecule has 3 aromatic rings. The molecule has 1 aromatic heterocycles. The molecule has 4 rings (SSSR count). The average molecular weight is 562 g/mol. The minimum Gasteiger partial charge on any atom is -0.497 e. The van der Waals surface area contributed by atoms with Gasteiger partial charge in [-0.25, -0.2) is 8.78 Å². The Kier molecular flexibility index (Phi) is 9.49. The van der Waals surface area contributed by atoms with Gasteiger partial charge in [-0.15, -0.1) is 0 Å². The molecule has 1 fully saturated rings. The number of hydrogen-bond donors (Lipinski definition) is 3. The number of ether oxygens (including phenoxy) is 2. The number of nitrogens with zero attached hydrogens (tertiary/aromatic N) is 2. The molecule has 1 aliphatic heterocycles. The van der Waals surface area contributed by atoms with Crippen LogP contribution in [-0.2, 0) is 11.3 Å². The van der Waals surface area contributed by atoms with E-state index in [9.17, 15) is 28.2 Å². The van der Waals surface area contributed by atoms with Crippen LogP contribution in [0.15, 0.2) is 36.5 Å². The van der Waals surface area contributed by atoms with Gasteiger partial charge < -0.3 is 25.4 Å². The summed E-state index contributed by atoms with van der Waals surface area (Å²) < 4.78 is 51.3. The number of fused-ring (bicyclic) bond motifs is 1. The Morgan fingerprint density at radius 1 is 1.20 bits per heavy atom. The van der Waals surface area contributed by atoms with E-state index in [0.717, 1.165) is 11.5 Å². The maximum Gasteiger partial charge on any atom is 0.303 e. The highest BCUT2D eigenvalue weighted by Gasteiger charge is 2.37. The molecule has 0 radical (unpaired) electrons. The minimum atomic E-state index is -1.31. The molecule has 8 nitrogen and oxygen atoms in total. The molecule has 0 bridgehead atoms. The standard InChI is InChI=1S/C29H34F3N3O5/c1-39-20-2-3-23-21(14-20)27(18(16-33)17-34-23)24(36)4-5-29(15-26(37)38)6-8-35(9-7-29)10-11-40-25-13-19(30)12-22(31)28(25)32/h2-3,12-14,17,24,36H,4-11,15-16,33H2,1H3,(H,37,38). The fourth-order valence-corrected chi connectivity index (χ4v) is 5.51. The normalized spacial score (nSPS) is 16.1. The summed E-state index contributed by atoms with van der Waals surface area (Å²) in [6, 6.07) is 6.68. The van der Waals surface area contributed by atoms with E-state index in [-0.39, 0.29) is 19.6 Å². The smallest absolute Gasteiger partial charge is 0.303 e. The number of aliphatic hydroxyl groups excluding tert-OH is 1. The number of likely N-dealkylation sites (tertiary alicyclic amines) is 1. The summed E-state index contributed by atoms with van der Waals surface area (Å²) in [5.74, 6) is -4.24. The fraction of sp³-hybridized carbons (Fsp3) is 0.448. The van der Waals surface area contributed by atoms with Crippen molar-refractivity contribution in [2.45, 2.75) is 44.8 Å². The van der Waals surface area contributed by atoms with Gasteiger partial charge >= 0.3 is 5.97 Å². The molecule has 11 heteroatoms. The Labute approximate surface area is 230 Å². The van der Waals surface area contributed by atoms with Crippen LogP contribution in [0.3, 0.4) is 0 Å². The van der Waals surface area contributed by atoms with Gasteiger partial charge in [0.15, 0.2) is 11.6 Å². The van der Waals surface area contributed by atoms with Crippen LogP contribution in [0.4, 0.5) is 13.2 Å². The number of halogens is 3. The molecule has 2 heterocycles. The quantitative estimate of drug-likeness (QED) is 0.275. The SMILES string of the molecule is COc1ccc2ncc(CN)c(C(O)CCC3(CC(=O)O)CCN(CCOc4cc(F)cc(F)c4F)CC3)c2c1. The molecule has 0 aliphatic carbocycles. The van der Waals surface area contributed by atoms with Crippen LogP contribution >= 0.6 is 0 Å². The van der Waals surface area contributed by atoms with Gasteiger partial charge in [0.1, 0.15) is 18.2 Å². The average Bonchev–Trinajstić information content (AvgIpc) is 2.94. The highest BCUT2D eigenvalue weighted by molar-refractivity contribution is 5.85. The largest absolute Gasteiger partial charge is 0.497 e. The Hall–Kier alpha value is -3.41. The third kappa shape index (κ3) is 6.83. The number of carboxylic acid groups (broad SMARTS) is 1. The maximum atomic E-state index is 13.8. The van der Waals surface area contributed by atoms with Gasteiger partial charge in [-0.1, -0.05) is 0 Å². The molecule has 1 unspecified atom stereocenters. The summed E-state index contributed by atoms with van der Waals surface area (Å²) in [6.45, 7) is 1.72. The van der Waals surface area contributed by atoms with E-state index >= 15 is 0 Å². The molecule has 0 amide bonds. The molecule has 1 atom stereocenters. The van der Waals surface area contributed by atoms with E-state index in [1.165, 1.54) is 0 Å². The van der Waals surface area contributed by atoms with Crippen LogP contribution in [0.1, 0.15) is 49.3 Å². The van der Waals surface area contributed by atoms with Gasteiger partial charge in [0.25, 0.3) is 0 Å². The number of hydrogen-bond acceptors (Lipinski definition) is 7. The van der Waals surface area contributed by atoms with Crippen molar-refractivity contribution in [2.75, 3.05) is 33.4 Å². The predicted molar refractivity (Wildman–Crippen MR) is 143 cm³/mol. The first kappa shape index (κ1) is 29.6. The van der Waals surface area contributed by atoms with E-state index in [4.69, 9.17) is 15.2 Å². The lowest BCUT2D eigenvalue weighted by Crippen LogP contribution is -2.42. The highest BCUT2D eigenvalue weighted by atomic mass is 19.2. The number of carboxylic acids is 1. The van der Waals surface area contributed by atoms with Crippen molar-refractivity contribution in [3.63, 3.8) is 0 Å². The van der Waals surface area contributed by atoms with Crippen molar-refractivity contribution >= 4 is 16.9 Å². The Bertz CT molecular complexity index is 1340. The molecule has 0 saturated carbocycles. The van der Waals surface area contributed by atoms with Crippen LogP contribution in [0, 0.1) is 22.9 Å². The minimum absolute atomic E-state index is 0.0188. The lowest BCUT2D eigenvalue weighted by atomic mass is 9.71. The van der Waals surface area contributed by atoms with Gasteiger partial charge in [-0.05, 0) is 73.5 Å². The first-order chi connectivity index (χ1) is 19.1. The van der Waals surface area contributed by atoms with Crippen molar-refractivity contribution < 1.29 is 37.7 Å². The third-order valence-electron chi connectivity index (χ3n) is 7.77. The number of carbonyl (C=O) groups is 1. The number of aromatic nitrogens is 1. The number of aliphatic carboxylic acids is 1. The van der Waals surface area contributed by atoms with E-state index in [1.807, 2.05) is 17.0 Å². The first-order valence-corrected chi connectivity index (χ1v) is 13.2. The number of piperidine rings is 1. The first-order valence-electron chi connectivity index (χ1n) is 13.2. The number of aliphatic hydroxyl groups is 1. The van der Waals surface area contributed by atoms with Gasteiger partial charge in [0, 0.05) is 36.8 Å². The van der Waals surface area contributed by atoms with Crippen molar-refractivity contribution in [3.05, 3.63) is 65.1 Å². The summed E-state index contributed by atoms with van der Waals surface area (Å²) in [5, 5.41) is 21.7. The van der Waals surface area contributed by atoms with Gasteiger partial charge in [-0.3, -0.25) is 14.7 Å². The van der Waals surface area contributed by atoms with Gasteiger partial charge in [0.05, 0.1) is 25.2 Å². The summed E-state index contributed by atoms with van der Waals surface area (Å²) in [6.07, 6.45) is 2.71. The summed E-state index contributed by atoms with van der Waals surface area (Å²) in [4.78, 5) is 18.3. The highest BCUT2D eigenvalue weighted by Crippen LogP contribution is 2.42. The monoisotopic (exact) mass is 561 g/mol. The van der Waals surface area contributed by atoms with Gasteiger partial charge in [0.2, 0.25) is 5.82 Å². The summed E-state index contributed by atoms with van der Waals surface area (Å²) in [5.41, 5.74) is 7.52. The van der Waals surface area contributed by atoms with Crippen molar-refractivity contribution in [3.8, 4) is 11.5 Å². The van der Waals surface area contributed by atoms with Crippen LogP contribution in [0.2, 0.25) is 0 Å². The molecule has 4 N–H and O–H groups in total. The van der Waals surface area contributed by atoms with Crippen LogP contribution in [0.5, 0.6) is 11.5 Å². The Morgan fingerprint density at radius 3 is 2.62 bits per heavy atom. The molecule has 1 saturated heterocycles. The number of benzene rings is 2. The zero-order valence-corrected chi connectivity index (χ0v) is 22.3. The lowest BCUT2D eigenvalue weighted by Gasteiger charge is -2.41. The number of rotatable bonds is 12. The fourth-order valence-electron chi connectivity index (χ4n) is 5.51. The molecule has 1 aliphatic rings. The zero-order chi connectivity index (χ0) is 28.9. The Balaban J connectivity index is 1.41. The zero-order valence-electron chi connectivity index (χ0n) is 22.3. The predicted octanol–water partition coefficient (Wildman–Crippen LogP) is 4.57. The van der Waals surface area contributed by atoms with Gasteiger partial charge in [-0.2, -0.15) is 4.39 Å². The molecule has 2 aromatic carbocycles. The molecule has 40 heavy (non-hydrogen) atoms. The van der Waals surface area contributed by atoms with E-state index < -0.39 is 40.7 Å². The summed E-state index contributed by atoms with van der Waals surface area (Å²) in [7, 11) is 1.56. The molecule has 216 valence electrons. The van der Waals surface area contributed by atoms with Crippen molar-refractivity contribution in [1.82, 2.24) is 9.88 Å². The Morgan fingerprint density at radius 2 is 1.95 bits per heavy atom. The second-order valence-corrected chi connectivity index (χ2v) is 10.3. The number of methoxy groups -OCH3 is 1. The molecule has 0 spiro atoms. The lowest BCUT2D eigenvalue weighted by molar-refractivity contribution is -0.141. The summed E-state index contributed by atoms with van der Waals surface area (Å²) >= 11 is 0. The number of nitrogens with two attached hydrogens (primary N) is 1. The van der Waals surface area contributed by atoms with Crippen LogP contribution in [0.25, 0.3) is 10.9 Å². The van der Waals surface area contributed by atoms with E-state index in [1.54, 1.807) is 19.4 Å². The third-order valence-corrected chi connectivity index (χ3v) is 7.77.